The van der Waals surface area contributed by atoms with Gasteiger partial charge < -0.3 is 24.7 Å². The van der Waals surface area contributed by atoms with Gasteiger partial charge in [-0.25, -0.2) is 9.82 Å². The number of rotatable bonds is 11. The summed E-state index contributed by atoms with van der Waals surface area (Å²) in [5.41, 5.74) is 9.74. The average Bonchev–Trinajstić information content (AvgIpc) is 2.88. The molecular formula is C26H26FN3O6. The molecule has 0 aliphatic rings. The van der Waals surface area contributed by atoms with E-state index in [1.807, 2.05) is 0 Å². The second-order valence-electron chi connectivity index (χ2n) is 7.54. The van der Waals surface area contributed by atoms with Crippen LogP contribution < -0.4 is 30.1 Å². The normalized spacial score (nSPS) is 10.9. The first-order chi connectivity index (χ1) is 17.3. The van der Waals surface area contributed by atoms with Crippen molar-refractivity contribution in [3.8, 4) is 23.0 Å². The number of benzene rings is 3. The summed E-state index contributed by atoms with van der Waals surface area (Å²) in [6.45, 7) is 1.57. The minimum atomic E-state index is -0.607. The van der Waals surface area contributed by atoms with Crippen LogP contribution in [0, 0.1) is 5.82 Å². The summed E-state index contributed by atoms with van der Waals surface area (Å²) in [5.74, 6) is 0.0653. The van der Waals surface area contributed by atoms with Gasteiger partial charge in [-0.3, -0.25) is 9.59 Å². The van der Waals surface area contributed by atoms with Crippen LogP contribution in [0.1, 0.15) is 28.4 Å². The number of hydrogen-bond donors (Lipinski definition) is 2. The molecule has 0 fully saturated rings. The molecule has 0 saturated carbocycles. The minimum Gasteiger partial charge on any atom is -0.493 e. The molecule has 0 radical (unpaired) electrons. The first-order valence-corrected chi connectivity index (χ1v) is 10.8. The number of ether oxygens (including phenoxy) is 4. The summed E-state index contributed by atoms with van der Waals surface area (Å²) in [6.07, 6.45) is 0. The average molecular weight is 496 g/mol. The van der Waals surface area contributed by atoms with Gasteiger partial charge in [0, 0.05) is 11.1 Å². The number of nitrogens with one attached hydrogen (secondary N) is 1. The van der Waals surface area contributed by atoms with Crippen LogP contribution >= 0.6 is 0 Å². The number of nitrogens with two attached hydrogens (primary N) is 1. The van der Waals surface area contributed by atoms with E-state index >= 15 is 0 Å². The maximum absolute atomic E-state index is 13.4. The summed E-state index contributed by atoms with van der Waals surface area (Å²) in [4.78, 5) is 23.6. The number of methoxy groups -OCH3 is 2. The van der Waals surface area contributed by atoms with Crippen LogP contribution in [-0.4, -0.2) is 38.4 Å². The molecule has 3 rings (SSSR count). The third kappa shape index (κ3) is 6.95. The van der Waals surface area contributed by atoms with Crippen LogP contribution in [0.25, 0.3) is 0 Å². The monoisotopic (exact) mass is 495 g/mol. The van der Waals surface area contributed by atoms with Crippen molar-refractivity contribution in [1.29, 1.82) is 0 Å². The molecule has 188 valence electrons. The molecule has 10 heteroatoms. The van der Waals surface area contributed by atoms with Crippen LogP contribution in [0.3, 0.4) is 0 Å². The Bertz CT molecular complexity index is 1280. The third-order valence-electron chi connectivity index (χ3n) is 4.99. The number of amides is 2. The Kier molecular flexibility index (Phi) is 8.82. The van der Waals surface area contributed by atoms with Gasteiger partial charge in [-0.1, -0.05) is 12.1 Å². The SMILES string of the molecule is COc1cc(/C(C)=N/NC(=O)c2ccc(OCc3cccc(F)c3)c(OC)c2)ccc1OCC(N)=O. The van der Waals surface area contributed by atoms with E-state index in [1.54, 1.807) is 49.4 Å². The quantitative estimate of drug-likeness (QED) is 0.311. The summed E-state index contributed by atoms with van der Waals surface area (Å²) >= 11 is 0. The van der Waals surface area contributed by atoms with E-state index < -0.39 is 11.8 Å². The Labute approximate surface area is 207 Å². The molecule has 36 heavy (non-hydrogen) atoms. The molecule has 0 heterocycles. The van der Waals surface area contributed by atoms with Gasteiger partial charge in [-0.05, 0) is 61.0 Å². The van der Waals surface area contributed by atoms with Crippen molar-refractivity contribution in [3.63, 3.8) is 0 Å². The molecule has 0 spiro atoms. The van der Waals surface area contributed by atoms with Crippen LogP contribution in [0.2, 0.25) is 0 Å². The molecule has 0 atom stereocenters. The van der Waals surface area contributed by atoms with Crippen molar-refractivity contribution < 1.29 is 32.9 Å². The lowest BCUT2D eigenvalue weighted by Gasteiger charge is -2.12. The minimum absolute atomic E-state index is 0.138. The molecule has 0 unspecified atom stereocenters. The van der Waals surface area contributed by atoms with Crippen molar-refractivity contribution in [2.75, 3.05) is 20.8 Å². The largest absolute Gasteiger partial charge is 0.493 e. The number of carbonyl (C=O) groups excluding carboxylic acids is 2. The number of primary amides is 1. The number of nitrogens with zero attached hydrogens (tertiary/aromatic N) is 1. The van der Waals surface area contributed by atoms with E-state index in [-0.39, 0.29) is 19.0 Å². The molecule has 0 aliphatic carbocycles. The molecule has 0 aromatic heterocycles. The Balaban J connectivity index is 1.67. The Hall–Kier alpha value is -4.60. The predicted octanol–water partition coefficient (Wildman–Crippen LogP) is 3.44. The number of hydrazone groups is 1. The van der Waals surface area contributed by atoms with Gasteiger partial charge >= 0.3 is 0 Å². The summed E-state index contributed by atoms with van der Waals surface area (Å²) in [6, 6.07) is 15.8. The highest BCUT2D eigenvalue weighted by Crippen LogP contribution is 2.30. The van der Waals surface area contributed by atoms with Gasteiger partial charge in [-0.15, -0.1) is 0 Å². The fourth-order valence-electron chi connectivity index (χ4n) is 3.14. The Morgan fingerprint density at radius 2 is 1.53 bits per heavy atom. The number of carbonyl (C=O) groups is 2. The Morgan fingerprint density at radius 3 is 2.17 bits per heavy atom. The standard InChI is InChI=1S/C26H26FN3O6/c1-16(18-7-9-22(23(12-18)33-2)36-15-25(28)31)29-30-26(32)19-8-10-21(24(13-19)34-3)35-14-17-5-4-6-20(27)11-17/h4-13H,14-15H2,1-3H3,(H2,28,31)(H,30,32)/b29-16+. The van der Waals surface area contributed by atoms with Crippen LogP contribution in [0.4, 0.5) is 4.39 Å². The molecule has 3 aromatic carbocycles. The molecule has 2 amide bonds. The van der Waals surface area contributed by atoms with E-state index in [0.717, 1.165) is 0 Å². The lowest BCUT2D eigenvalue weighted by molar-refractivity contribution is -0.119. The van der Waals surface area contributed by atoms with Gasteiger partial charge in [0.15, 0.2) is 29.6 Å². The van der Waals surface area contributed by atoms with Gasteiger partial charge in [0.1, 0.15) is 12.4 Å². The smallest absolute Gasteiger partial charge is 0.271 e. The molecule has 9 nitrogen and oxygen atoms in total. The van der Waals surface area contributed by atoms with E-state index in [4.69, 9.17) is 24.7 Å². The zero-order chi connectivity index (χ0) is 26.1. The molecule has 0 bridgehead atoms. The van der Waals surface area contributed by atoms with Crippen molar-refractivity contribution in [2.24, 2.45) is 10.8 Å². The predicted molar refractivity (Wildman–Crippen MR) is 131 cm³/mol. The number of halogens is 1. The maximum atomic E-state index is 13.4. The highest BCUT2D eigenvalue weighted by atomic mass is 19.1. The lowest BCUT2D eigenvalue weighted by atomic mass is 10.1. The van der Waals surface area contributed by atoms with Crippen molar-refractivity contribution in [2.45, 2.75) is 13.5 Å². The highest BCUT2D eigenvalue weighted by Gasteiger charge is 2.13. The molecule has 3 aromatic rings. The van der Waals surface area contributed by atoms with Crippen molar-refractivity contribution in [1.82, 2.24) is 5.43 Å². The van der Waals surface area contributed by atoms with Gasteiger partial charge in [0.05, 0.1) is 19.9 Å². The van der Waals surface area contributed by atoms with Crippen molar-refractivity contribution in [3.05, 3.63) is 83.2 Å². The Morgan fingerprint density at radius 1 is 0.889 bits per heavy atom. The van der Waals surface area contributed by atoms with E-state index in [9.17, 15) is 14.0 Å². The zero-order valence-electron chi connectivity index (χ0n) is 20.0. The van der Waals surface area contributed by atoms with Crippen molar-refractivity contribution >= 4 is 17.5 Å². The highest BCUT2D eigenvalue weighted by molar-refractivity contribution is 6.01. The van der Waals surface area contributed by atoms with E-state index in [1.165, 1.54) is 32.4 Å². The lowest BCUT2D eigenvalue weighted by Crippen LogP contribution is -2.20. The third-order valence-corrected chi connectivity index (χ3v) is 4.99. The summed E-state index contributed by atoms with van der Waals surface area (Å²) in [7, 11) is 2.92. The topological polar surface area (TPSA) is 121 Å². The fourth-order valence-corrected chi connectivity index (χ4v) is 3.14. The molecule has 0 saturated heterocycles. The first-order valence-electron chi connectivity index (χ1n) is 10.8. The van der Waals surface area contributed by atoms with Crippen LogP contribution in [-0.2, 0) is 11.4 Å². The number of hydrogen-bond acceptors (Lipinski definition) is 7. The molecular weight excluding hydrogens is 469 g/mol. The molecule has 0 aliphatic heterocycles. The van der Waals surface area contributed by atoms with Crippen LogP contribution in [0.5, 0.6) is 23.0 Å². The van der Waals surface area contributed by atoms with Gasteiger partial charge in [-0.2, -0.15) is 5.10 Å². The second kappa shape index (κ2) is 12.2. The zero-order valence-corrected chi connectivity index (χ0v) is 20.0. The van der Waals surface area contributed by atoms with E-state index in [0.29, 0.717) is 45.4 Å². The first kappa shape index (κ1) is 26.0. The summed E-state index contributed by atoms with van der Waals surface area (Å²) in [5, 5.41) is 4.15. The maximum Gasteiger partial charge on any atom is 0.271 e. The van der Waals surface area contributed by atoms with E-state index in [2.05, 4.69) is 10.5 Å². The fraction of sp³-hybridized carbons (Fsp3) is 0.192. The van der Waals surface area contributed by atoms with Gasteiger partial charge in [0.2, 0.25) is 0 Å². The summed E-state index contributed by atoms with van der Waals surface area (Å²) < 4.78 is 35.0. The van der Waals surface area contributed by atoms with Crippen LogP contribution in [0.15, 0.2) is 65.8 Å². The molecule has 3 N–H and O–H groups in total. The van der Waals surface area contributed by atoms with Gasteiger partial charge in [0.25, 0.3) is 11.8 Å². The second-order valence-corrected chi connectivity index (χ2v) is 7.54.